The van der Waals surface area contributed by atoms with E-state index in [4.69, 9.17) is 4.42 Å². The van der Waals surface area contributed by atoms with E-state index in [1.807, 2.05) is 6.92 Å². The predicted molar refractivity (Wildman–Crippen MR) is 73.4 cm³/mol. The molecule has 0 saturated carbocycles. The van der Waals surface area contributed by atoms with E-state index in [9.17, 15) is 4.79 Å². The highest BCUT2D eigenvalue weighted by molar-refractivity contribution is 9.10. The Balaban J connectivity index is 1.94. The van der Waals surface area contributed by atoms with Crippen molar-refractivity contribution in [3.63, 3.8) is 0 Å². The van der Waals surface area contributed by atoms with E-state index in [2.05, 4.69) is 31.4 Å². The minimum atomic E-state index is -0.263. The Hall–Kier alpha value is -1.47. The smallest absolute Gasteiger partial charge is 0.250 e. The molecule has 0 radical (unpaired) electrons. The zero-order chi connectivity index (χ0) is 13.0. The molecule has 7 heteroatoms. The number of carbonyl (C=O) groups is 1. The lowest BCUT2D eigenvalue weighted by atomic mass is 10.4. The lowest BCUT2D eigenvalue weighted by molar-refractivity contribution is -0.111. The quantitative estimate of drug-likeness (QED) is 0.876. The first-order valence-electron chi connectivity index (χ1n) is 5.24. The molecule has 94 valence electrons. The van der Waals surface area contributed by atoms with Crippen LogP contribution in [0.2, 0.25) is 0 Å². The molecule has 0 saturated heterocycles. The third-order valence-corrected chi connectivity index (χ3v) is 3.40. The van der Waals surface area contributed by atoms with E-state index in [0.29, 0.717) is 15.6 Å². The minimum Gasteiger partial charge on any atom is -0.450 e. The van der Waals surface area contributed by atoms with Crippen LogP contribution in [0, 0.1) is 0 Å². The molecule has 0 unspecified atom stereocenters. The van der Waals surface area contributed by atoms with Gasteiger partial charge < -0.3 is 4.42 Å². The zero-order valence-corrected chi connectivity index (χ0v) is 11.9. The van der Waals surface area contributed by atoms with Crippen molar-refractivity contribution in [3.8, 4) is 0 Å². The molecule has 18 heavy (non-hydrogen) atoms. The molecule has 5 nitrogen and oxygen atoms in total. The second kappa shape index (κ2) is 5.92. The number of hydrogen-bond donors (Lipinski definition) is 1. The molecule has 2 aromatic heterocycles. The maximum Gasteiger partial charge on any atom is 0.250 e. The summed E-state index contributed by atoms with van der Waals surface area (Å²) in [5.74, 6) is 0.338. The van der Waals surface area contributed by atoms with Crippen LogP contribution in [0.15, 0.2) is 27.3 Å². The van der Waals surface area contributed by atoms with Gasteiger partial charge in [-0.05, 0) is 40.6 Å². The Morgan fingerprint density at radius 1 is 1.56 bits per heavy atom. The van der Waals surface area contributed by atoms with Gasteiger partial charge in [0.1, 0.15) is 10.8 Å². The molecule has 0 spiro atoms. The van der Waals surface area contributed by atoms with Crippen LogP contribution in [0.5, 0.6) is 0 Å². The number of aryl methyl sites for hydroxylation is 1. The largest absolute Gasteiger partial charge is 0.450 e. The summed E-state index contributed by atoms with van der Waals surface area (Å²) in [5, 5.41) is 11.8. The van der Waals surface area contributed by atoms with Crippen molar-refractivity contribution in [2.45, 2.75) is 13.3 Å². The maximum atomic E-state index is 11.6. The molecule has 0 aliphatic rings. The van der Waals surface area contributed by atoms with Gasteiger partial charge in [0.15, 0.2) is 4.67 Å². The molecule has 0 aliphatic carbocycles. The van der Waals surface area contributed by atoms with Crippen molar-refractivity contribution in [1.29, 1.82) is 0 Å². The number of aromatic nitrogens is 2. The minimum absolute atomic E-state index is 0.263. The van der Waals surface area contributed by atoms with Gasteiger partial charge in [0.05, 0.1) is 0 Å². The molecule has 0 aromatic carbocycles. The fraction of sp³-hybridized carbons (Fsp3) is 0.182. The Morgan fingerprint density at radius 3 is 3.00 bits per heavy atom. The highest BCUT2D eigenvalue weighted by Crippen LogP contribution is 2.16. The summed E-state index contributed by atoms with van der Waals surface area (Å²) in [4.78, 5) is 11.6. The van der Waals surface area contributed by atoms with Crippen LogP contribution in [-0.2, 0) is 11.2 Å². The third kappa shape index (κ3) is 3.51. The highest BCUT2D eigenvalue weighted by atomic mass is 79.9. The Kier molecular flexibility index (Phi) is 4.27. The monoisotopic (exact) mass is 327 g/mol. The second-order valence-electron chi connectivity index (χ2n) is 3.32. The lowest BCUT2D eigenvalue weighted by Gasteiger charge is -1.93. The predicted octanol–water partition coefficient (Wildman–Crippen LogP) is 3.11. The van der Waals surface area contributed by atoms with Crippen molar-refractivity contribution in [2.24, 2.45) is 0 Å². The number of carbonyl (C=O) groups excluding carboxylic acids is 1. The molecule has 2 rings (SSSR count). The number of rotatable bonds is 4. The first kappa shape index (κ1) is 13.0. The van der Waals surface area contributed by atoms with Gasteiger partial charge in [-0.3, -0.25) is 10.1 Å². The molecule has 0 bridgehead atoms. The van der Waals surface area contributed by atoms with Gasteiger partial charge >= 0.3 is 0 Å². The number of anilines is 1. The van der Waals surface area contributed by atoms with E-state index in [0.717, 1.165) is 11.4 Å². The van der Waals surface area contributed by atoms with Gasteiger partial charge in [-0.25, -0.2) is 0 Å². The van der Waals surface area contributed by atoms with Crippen LogP contribution >= 0.6 is 27.3 Å². The number of nitrogens with zero attached hydrogens (tertiary/aromatic N) is 2. The number of amides is 1. The molecule has 2 heterocycles. The molecule has 2 aromatic rings. The zero-order valence-electron chi connectivity index (χ0n) is 9.51. The number of furan rings is 1. The van der Waals surface area contributed by atoms with Gasteiger partial charge in [-0.1, -0.05) is 18.3 Å². The van der Waals surface area contributed by atoms with Crippen LogP contribution in [0.1, 0.15) is 17.7 Å². The lowest BCUT2D eigenvalue weighted by Crippen LogP contribution is -2.07. The highest BCUT2D eigenvalue weighted by Gasteiger charge is 2.04. The van der Waals surface area contributed by atoms with Crippen LogP contribution < -0.4 is 5.32 Å². The van der Waals surface area contributed by atoms with Crippen LogP contribution in [0.4, 0.5) is 5.13 Å². The standard InChI is InChI=1S/C11H10BrN3O2S/c1-2-10-14-15-11(18-10)13-9(16)6-4-7-3-5-8(12)17-7/h3-6H,2H2,1H3,(H,13,15,16)/b6-4+. The van der Waals surface area contributed by atoms with Crippen molar-refractivity contribution >= 4 is 44.4 Å². The molecule has 1 N–H and O–H groups in total. The van der Waals surface area contributed by atoms with E-state index >= 15 is 0 Å². The molecule has 0 atom stereocenters. The van der Waals surface area contributed by atoms with Crippen LogP contribution in [0.3, 0.4) is 0 Å². The number of hydrogen-bond acceptors (Lipinski definition) is 5. The Bertz CT molecular complexity index is 576. The summed E-state index contributed by atoms with van der Waals surface area (Å²) in [6.07, 6.45) is 3.78. The summed E-state index contributed by atoms with van der Waals surface area (Å²) in [6, 6.07) is 3.52. The van der Waals surface area contributed by atoms with E-state index < -0.39 is 0 Å². The SMILES string of the molecule is CCc1nnc(NC(=O)/C=C/c2ccc(Br)o2)s1. The number of halogens is 1. The Morgan fingerprint density at radius 2 is 2.39 bits per heavy atom. The summed E-state index contributed by atoms with van der Waals surface area (Å²) >= 11 is 4.55. The summed E-state index contributed by atoms with van der Waals surface area (Å²) in [6.45, 7) is 1.99. The van der Waals surface area contributed by atoms with Crippen LogP contribution in [-0.4, -0.2) is 16.1 Å². The van der Waals surface area contributed by atoms with E-state index in [1.54, 1.807) is 18.2 Å². The molecule has 1 amide bonds. The molecule has 0 fully saturated rings. The fourth-order valence-electron chi connectivity index (χ4n) is 1.17. The molecular weight excluding hydrogens is 318 g/mol. The normalized spacial score (nSPS) is 11.0. The maximum absolute atomic E-state index is 11.6. The topological polar surface area (TPSA) is 68.0 Å². The fourth-order valence-corrected chi connectivity index (χ4v) is 2.17. The van der Waals surface area contributed by atoms with Crippen LogP contribution in [0.25, 0.3) is 6.08 Å². The average Bonchev–Trinajstić information content (AvgIpc) is 2.95. The van der Waals surface area contributed by atoms with Gasteiger partial charge in [0.25, 0.3) is 0 Å². The first-order chi connectivity index (χ1) is 8.67. The summed E-state index contributed by atoms with van der Waals surface area (Å²) in [5.41, 5.74) is 0. The second-order valence-corrected chi connectivity index (χ2v) is 5.16. The molecule has 0 aliphatic heterocycles. The van der Waals surface area contributed by atoms with Crippen molar-refractivity contribution < 1.29 is 9.21 Å². The third-order valence-electron chi connectivity index (χ3n) is 1.99. The van der Waals surface area contributed by atoms with Crippen molar-refractivity contribution in [1.82, 2.24) is 10.2 Å². The van der Waals surface area contributed by atoms with E-state index in [1.165, 1.54) is 17.4 Å². The van der Waals surface area contributed by atoms with Gasteiger partial charge in [-0.15, -0.1) is 10.2 Å². The van der Waals surface area contributed by atoms with Gasteiger partial charge in [0, 0.05) is 6.08 Å². The summed E-state index contributed by atoms with van der Waals surface area (Å²) in [7, 11) is 0. The first-order valence-corrected chi connectivity index (χ1v) is 6.85. The van der Waals surface area contributed by atoms with Gasteiger partial charge in [-0.2, -0.15) is 0 Å². The number of nitrogens with one attached hydrogen (secondary N) is 1. The van der Waals surface area contributed by atoms with Crippen molar-refractivity contribution in [2.75, 3.05) is 5.32 Å². The van der Waals surface area contributed by atoms with Crippen molar-refractivity contribution in [3.05, 3.63) is 33.6 Å². The molecular formula is C11H10BrN3O2S. The average molecular weight is 328 g/mol. The summed E-state index contributed by atoms with van der Waals surface area (Å²) < 4.78 is 5.85. The van der Waals surface area contributed by atoms with E-state index in [-0.39, 0.29) is 5.91 Å². The van der Waals surface area contributed by atoms with Gasteiger partial charge in [0.2, 0.25) is 11.0 Å². The Labute approximate surface area is 116 Å².